The van der Waals surface area contributed by atoms with E-state index in [1.165, 1.54) is 17.7 Å². The lowest BCUT2D eigenvalue weighted by molar-refractivity contribution is -0.122. The number of epoxide rings is 2. The summed E-state index contributed by atoms with van der Waals surface area (Å²) in [5.41, 5.74) is 0.814. The average molecular weight is 545 g/mol. The van der Waals surface area contributed by atoms with Gasteiger partial charge in [-0.2, -0.15) is 0 Å². The molecule has 4 rings (SSSR count). The van der Waals surface area contributed by atoms with Gasteiger partial charge in [-0.15, -0.1) is 0 Å². The van der Waals surface area contributed by atoms with Gasteiger partial charge in [-0.1, -0.05) is 31.6 Å². The number of allylic oxidation sites excluding steroid dienone is 1. The van der Waals surface area contributed by atoms with Crippen LogP contribution in [-0.4, -0.2) is 72.3 Å². The van der Waals surface area contributed by atoms with Crippen LogP contribution in [-0.2, 0) is 23.7 Å². The van der Waals surface area contributed by atoms with Crippen molar-refractivity contribution in [2.75, 3.05) is 19.0 Å². The lowest BCUT2D eigenvalue weighted by Crippen LogP contribution is -2.57. The highest BCUT2D eigenvalue weighted by molar-refractivity contribution is 5.98. The standard InChI is InChI=1S/C29H40N2O8/c1-16(2)10-11-21-28(5,39-21)24-23(36-6)20(12-13-29(24)15-37-29)38-27(35)31-22(17(3)4)25(32)30-19-9-7-8-18(14-19)26(33)34/h7-10,14,17,20-24H,11-13,15H2,1-6H3,(H,30,32)(H,31,35)(H,33,34)/t20-,21-,22-,23-,24-,28+,29+/m1/s1. The Hall–Kier alpha value is -2.95. The number of anilines is 1. The molecule has 2 heterocycles. The van der Waals surface area contributed by atoms with E-state index in [4.69, 9.17) is 18.9 Å². The predicted octanol–water partition coefficient (Wildman–Crippen LogP) is 4.15. The Balaban J connectivity index is 1.42. The van der Waals surface area contributed by atoms with Crippen LogP contribution >= 0.6 is 0 Å². The van der Waals surface area contributed by atoms with E-state index in [0.29, 0.717) is 18.7 Å². The topological polar surface area (TPSA) is 139 Å². The number of methoxy groups -OCH3 is 1. The van der Waals surface area contributed by atoms with Gasteiger partial charge >= 0.3 is 12.1 Å². The fourth-order valence-electron chi connectivity index (χ4n) is 5.85. The Morgan fingerprint density at radius 3 is 2.56 bits per heavy atom. The molecule has 0 aromatic heterocycles. The Morgan fingerprint density at radius 1 is 1.26 bits per heavy atom. The summed E-state index contributed by atoms with van der Waals surface area (Å²) in [5.74, 6) is -1.93. The van der Waals surface area contributed by atoms with Crippen molar-refractivity contribution in [3.05, 3.63) is 41.5 Å². The Kier molecular flexibility index (Phi) is 8.39. The molecule has 2 aliphatic heterocycles. The van der Waals surface area contributed by atoms with Gasteiger partial charge in [0.25, 0.3) is 0 Å². The lowest BCUT2D eigenvalue weighted by atomic mass is 9.68. The molecule has 1 saturated carbocycles. The molecular weight excluding hydrogens is 504 g/mol. The van der Waals surface area contributed by atoms with E-state index in [0.717, 1.165) is 12.8 Å². The number of carbonyl (C=O) groups is 3. The first kappa shape index (κ1) is 29.0. The molecular formula is C29H40N2O8. The van der Waals surface area contributed by atoms with Gasteiger partial charge in [0, 0.05) is 12.8 Å². The maximum Gasteiger partial charge on any atom is 0.408 e. The highest BCUT2D eigenvalue weighted by Gasteiger charge is 2.72. The summed E-state index contributed by atoms with van der Waals surface area (Å²) in [6.07, 6.45) is 2.60. The number of hydrogen-bond donors (Lipinski definition) is 3. The van der Waals surface area contributed by atoms with Gasteiger partial charge in [-0.05, 0) is 64.2 Å². The molecule has 3 N–H and O–H groups in total. The van der Waals surface area contributed by atoms with Crippen molar-refractivity contribution in [1.29, 1.82) is 0 Å². The molecule has 1 spiro atoms. The van der Waals surface area contributed by atoms with Gasteiger partial charge in [-0.3, -0.25) is 4.79 Å². The van der Waals surface area contributed by atoms with Crippen LogP contribution < -0.4 is 10.6 Å². The van der Waals surface area contributed by atoms with E-state index in [9.17, 15) is 19.5 Å². The molecule has 1 aromatic rings. The van der Waals surface area contributed by atoms with Crippen molar-refractivity contribution in [2.24, 2.45) is 11.8 Å². The molecule has 214 valence electrons. The predicted molar refractivity (Wildman–Crippen MR) is 144 cm³/mol. The number of carboxylic acids is 1. The molecule has 10 heteroatoms. The maximum atomic E-state index is 13.1. The molecule has 3 fully saturated rings. The summed E-state index contributed by atoms with van der Waals surface area (Å²) in [6.45, 7) is 10.4. The largest absolute Gasteiger partial charge is 0.478 e. The molecule has 0 radical (unpaired) electrons. The summed E-state index contributed by atoms with van der Waals surface area (Å²) in [4.78, 5) is 37.3. The summed E-state index contributed by atoms with van der Waals surface area (Å²) in [7, 11) is 1.61. The number of hydrogen-bond acceptors (Lipinski definition) is 7. The van der Waals surface area contributed by atoms with E-state index in [2.05, 4.69) is 37.5 Å². The Bertz CT molecular complexity index is 1130. The van der Waals surface area contributed by atoms with Gasteiger partial charge < -0.3 is 34.7 Å². The molecule has 2 amide bonds. The van der Waals surface area contributed by atoms with Crippen molar-refractivity contribution >= 4 is 23.7 Å². The zero-order valence-electron chi connectivity index (χ0n) is 23.5. The van der Waals surface area contributed by atoms with E-state index in [-0.39, 0.29) is 29.1 Å². The molecule has 10 nitrogen and oxygen atoms in total. The minimum absolute atomic E-state index is 0.0392. The minimum atomic E-state index is -1.10. The van der Waals surface area contributed by atoms with Gasteiger partial charge in [0.05, 0.1) is 24.2 Å². The Morgan fingerprint density at radius 2 is 1.97 bits per heavy atom. The molecule has 39 heavy (non-hydrogen) atoms. The van der Waals surface area contributed by atoms with Crippen LogP contribution in [0.1, 0.15) is 64.2 Å². The quantitative estimate of drug-likeness (QED) is 0.295. The highest BCUT2D eigenvalue weighted by Crippen LogP contribution is 2.59. The van der Waals surface area contributed by atoms with Crippen molar-refractivity contribution in [1.82, 2.24) is 5.32 Å². The molecule has 0 unspecified atom stereocenters. The Labute approximate surface area is 229 Å². The zero-order valence-corrected chi connectivity index (χ0v) is 23.5. The smallest absolute Gasteiger partial charge is 0.408 e. The second kappa shape index (κ2) is 11.3. The van der Waals surface area contributed by atoms with Crippen LogP contribution in [0.3, 0.4) is 0 Å². The maximum absolute atomic E-state index is 13.1. The van der Waals surface area contributed by atoms with E-state index < -0.39 is 41.8 Å². The van der Waals surface area contributed by atoms with Crippen LogP contribution in [0.25, 0.3) is 0 Å². The van der Waals surface area contributed by atoms with Crippen molar-refractivity contribution in [3.8, 4) is 0 Å². The molecule has 1 aromatic carbocycles. The summed E-state index contributed by atoms with van der Waals surface area (Å²) < 4.78 is 24.0. The van der Waals surface area contributed by atoms with E-state index in [1.54, 1.807) is 33.1 Å². The van der Waals surface area contributed by atoms with Crippen molar-refractivity contribution < 1.29 is 38.4 Å². The van der Waals surface area contributed by atoms with Crippen LogP contribution in [0.5, 0.6) is 0 Å². The molecule has 2 saturated heterocycles. The number of nitrogens with one attached hydrogen (secondary N) is 2. The monoisotopic (exact) mass is 544 g/mol. The number of benzene rings is 1. The fourth-order valence-corrected chi connectivity index (χ4v) is 5.85. The molecule has 3 aliphatic rings. The van der Waals surface area contributed by atoms with Gasteiger partial charge in [0.1, 0.15) is 29.5 Å². The number of ether oxygens (including phenoxy) is 4. The number of amides is 2. The van der Waals surface area contributed by atoms with Crippen molar-refractivity contribution in [3.63, 3.8) is 0 Å². The first-order chi connectivity index (χ1) is 18.4. The SMILES string of the molecule is CO[C@@H]1[C@H](OC(=O)N[C@@H](C(=O)Nc2cccc(C(=O)O)c2)C(C)C)CC[C@]2(CO2)[C@H]1[C@@]1(C)O[C@@H]1CC=C(C)C. The minimum Gasteiger partial charge on any atom is -0.478 e. The van der Waals surface area contributed by atoms with Crippen LogP contribution in [0.2, 0.25) is 0 Å². The summed E-state index contributed by atoms with van der Waals surface area (Å²) in [6, 6.07) is 5.03. The van der Waals surface area contributed by atoms with Gasteiger partial charge in [0.2, 0.25) is 5.91 Å². The van der Waals surface area contributed by atoms with E-state index in [1.807, 2.05) is 0 Å². The van der Waals surface area contributed by atoms with Gasteiger partial charge in [0.15, 0.2) is 0 Å². The number of aromatic carboxylic acids is 1. The van der Waals surface area contributed by atoms with Crippen molar-refractivity contribution in [2.45, 2.75) is 89.4 Å². The third kappa shape index (κ3) is 6.28. The zero-order chi connectivity index (χ0) is 28.5. The molecule has 0 bridgehead atoms. The fraction of sp³-hybridized carbons (Fsp3) is 0.621. The number of rotatable bonds is 10. The number of carboxylic acid groups (broad SMARTS) is 1. The normalized spacial score (nSPS) is 31.8. The first-order valence-corrected chi connectivity index (χ1v) is 13.5. The second-order valence-corrected chi connectivity index (χ2v) is 11.6. The van der Waals surface area contributed by atoms with E-state index >= 15 is 0 Å². The molecule has 7 atom stereocenters. The lowest BCUT2D eigenvalue weighted by Gasteiger charge is -2.42. The summed E-state index contributed by atoms with van der Waals surface area (Å²) in [5, 5.41) is 14.6. The first-order valence-electron chi connectivity index (χ1n) is 13.5. The second-order valence-electron chi connectivity index (χ2n) is 11.6. The third-order valence-electron chi connectivity index (χ3n) is 8.10. The average Bonchev–Trinajstić information content (AvgIpc) is 3.79. The van der Waals surface area contributed by atoms with Crippen LogP contribution in [0.4, 0.5) is 10.5 Å². The number of alkyl carbamates (subject to hydrolysis) is 1. The van der Waals surface area contributed by atoms with Crippen LogP contribution in [0, 0.1) is 11.8 Å². The van der Waals surface area contributed by atoms with Gasteiger partial charge in [-0.25, -0.2) is 9.59 Å². The molecule has 1 aliphatic carbocycles. The highest BCUT2D eigenvalue weighted by atomic mass is 16.6. The third-order valence-corrected chi connectivity index (χ3v) is 8.10. The summed E-state index contributed by atoms with van der Waals surface area (Å²) >= 11 is 0. The van der Waals surface area contributed by atoms with Crippen LogP contribution in [0.15, 0.2) is 35.9 Å². The number of carbonyl (C=O) groups excluding carboxylic acids is 2.